The van der Waals surface area contributed by atoms with Gasteiger partial charge in [0.25, 0.3) is 0 Å². The SMILES string of the molecule is CSc1sc(SC)c(SC)c1Br. The molecule has 12 heavy (non-hydrogen) atoms. The second-order valence-electron chi connectivity index (χ2n) is 1.93. The summed E-state index contributed by atoms with van der Waals surface area (Å²) in [6.07, 6.45) is 6.36. The highest BCUT2D eigenvalue weighted by Gasteiger charge is 2.13. The van der Waals surface area contributed by atoms with Gasteiger partial charge in [-0.3, -0.25) is 0 Å². The molecule has 68 valence electrons. The number of hydrogen-bond acceptors (Lipinski definition) is 4. The monoisotopic (exact) mass is 300 g/mol. The lowest BCUT2D eigenvalue weighted by molar-refractivity contribution is 1.33. The molecule has 0 spiro atoms. The molecule has 1 aromatic heterocycles. The minimum absolute atomic E-state index is 1.27. The minimum Gasteiger partial charge on any atom is -0.126 e. The van der Waals surface area contributed by atoms with E-state index in [-0.39, 0.29) is 0 Å². The normalized spacial score (nSPS) is 10.7. The van der Waals surface area contributed by atoms with Crippen LogP contribution in [0.25, 0.3) is 0 Å². The number of thiophene rings is 1. The van der Waals surface area contributed by atoms with Gasteiger partial charge in [-0.05, 0) is 34.7 Å². The third kappa shape index (κ3) is 2.18. The molecule has 0 aromatic carbocycles. The van der Waals surface area contributed by atoms with Crippen LogP contribution in [0.5, 0.6) is 0 Å². The van der Waals surface area contributed by atoms with Crippen molar-refractivity contribution in [3.05, 3.63) is 4.47 Å². The average molecular weight is 301 g/mol. The summed E-state index contributed by atoms with van der Waals surface area (Å²) in [7, 11) is 0. The number of rotatable bonds is 3. The van der Waals surface area contributed by atoms with Crippen LogP contribution in [-0.4, -0.2) is 18.8 Å². The molecule has 0 bridgehead atoms. The largest absolute Gasteiger partial charge is 0.126 e. The van der Waals surface area contributed by atoms with Gasteiger partial charge in [-0.1, -0.05) is 0 Å². The van der Waals surface area contributed by atoms with Crippen molar-refractivity contribution in [3.63, 3.8) is 0 Å². The van der Waals surface area contributed by atoms with Gasteiger partial charge in [0.1, 0.15) is 0 Å². The Labute approximate surface area is 98.4 Å². The van der Waals surface area contributed by atoms with Crippen molar-refractivity contribution < 1.29 is 0 Å². The molecule has 0 aliphatic heterocycles. The third-order valence-electron chi connectivity index (χ3n) is 1.32. The van der Waals surface area contributed by atoms with Crippen molar-refractivity contribution in [1.29, 1.82) is 0 Å². The highest BCUT2D eigenvalue weighted by molar-refractivity contribution is 9.10. The zero-order chi connectivity index (χ0) is 9.14. The predicted molar refractivity (Wildman–Crippen MR) is 67.4 cm³/mol. The first-order chi connectivity index (χ1) is 5.74. The molecule has 0 amide bonds. The standard InChI is InChI=1S/C7H9BrS4/c1-9-5-4(8)6(10-2)12-7(5)11-3/h1-3H3. The smallest absolute Gasteiger partial charge is 0.0762 e. The molecule has 0 aliphatic rings. The fourth-order valence-electron chi connectivity index (χ4n) is 0.796. The Balaban J connectivity index is 3.13. The summed E-state index contributed by atoms with van der Waals surface area (Å²) in [6, 6.07) is 0. The highest BCUT2D eigenvalue weighted by atomic mass is 79.9. The first-order valence-corrected chi connectivity index (χ1v) is 8.47. The van der Waals surface area contributed by atoms with Gasteiger partial charge >= 0.3 is 0 Å². The van der Waals surface area contributed by atoms with Gasteiger partial charge in [-0.2, -0.15) is 0 Å². The average Bonchev–Trinajstić information content (AvgIpc) is 2.41. The lowest BCUT2D eigenvalue weighted by Crippen LogP contribution is -1.67. The van der Waals surface area contributed by atoms with Crippen molar-refractivity contribution >= 4 is 62.6 Å². The molecule has 0 fully saturated rings. The predicted octanol–water partition coefficient (Wildman–Crippen LogP) is 4.68. The molecule has 5 heteroatoms. The van der Waals surface area contributed by atoms with Crippen LogP contribution in [0.4, 0.5) is 0 Å². The van der Waals surface area contributed by atoms with Crippen LogP contribution in [0.3, 0.4) is 0 Å². The van der Waals surface area contributed by atoms with Crippen molar-refractivity contribution in [2.45, 2.75) is 13.3 Å². The summed E-state index contributed by atoms with van der Waals surface area (Å²) in [6.45, 7) is 0. The van der Waals surface area contributed by atoms with Crippen molar-refractivity contribution in [1.82, 2.24) is 0 Å². The van der Waals surface area contributed by atoms with Crippen molar-refractivity contribution in [2.75, 3.05) is 18.8 Å². The first-order valence-electron chi connectivity index (χ1n) is 3.18. The molecule has 0 nitrogen and oxygen atoms in total. The summed E-state index contributed by atoms with van der Waals surface area (Å²) >= 11 is 10.9. The maximum absolute atomic E-state index is 3.62. The molecular weight excluding hydrogens is 292 g/mol. The van der Waals surface area contributed by atoms with Crippen LogP contribution in [0.15, 0.2) is 17.8 Å². The molecular formula is C7H9BrS4. The van der Waals surface area contributed by atoms with Crippen LogP contribution in [0.1, 0.15) is 0 Å². The van der Waals surface area contributed by atoms with Gasteiger partial charge in [0.2, 0.25) is 0 Å². The molecule has 0 radical (unpaired) electrons. The van der Waals surface area contributed by atoms with E-state index in [1.165, 1.54) is 17.8 Å². The van der Waals surface area contributed by atoms with E-state index in [1.54, 1.807) is 11.8 Å². The molecule has 1 aromatic rings. The van der Waals surface area contributed by atoms with E-state index in [0.29, 0.717) is 0 Å². The first kappa shape index (κ1) is 11.3. The molecule has 0 N–H and O–H groups in total. The molecule has 0 saturated carbocycles. The van der Waals surface area contributed by atoms with Crippen LogP contribution < -0.4 is 0 Å². The lowest BCUT2D eigenvalue weighted by atomic mass is 10.7. The maximum Gasteiger partial charge on any atom is 0.0762 e. The van der Waals surface area contributed by atoms with E-state index >= 15 is 0 Å². The summed E-state index contributed by atoms with van der Waals surface area (Å²) < 4.78 is 4.07. The Hall–Kier alpha value is 1.23. The second kappa shape index (κ2) is 5.20. The quantitative estimate of drug-likeness (QED) is 0.744. The summed E-state index contributed by atoms with van der Waals surface area (Å²) in [4.78, 5) is 1.39. The van der Waals surface area contributed by atoms with Crippen LogP contribution in [-0.2, 0) is 0 Å². The van der Waals surface area contributed by atoms with Gasteiger partial charge in [-0.25, -0.2) is 0 Å². The topological polar surface area (TPSA) is 0 Å². The van der Waals surface area contributed by atoms with E-state index < -0.39 is 0 Å². The van der Waals surface area contributed by atoms with Crippen molar-refractivity contribution in [3.8, 4) is 0 Å². The molecule has 0 unspecified atom stereocenters. The van der Waals surface area contributed by atoms with Gasteiger partial charge < -0.3 is 0 Å². The molecule has 1 heterocycles. The zero-order valence-electron chi connectivity index (χ0n) is 7.01. The molecule has 0 atom stereocenters. The zero-order valence-corrected chi connectivity index (χ0v) is 11.9. The number of thioether (sulfide) groups is 3. The van der Waals surface area contributed by atoms with Crippen LogP contribution in [0.2, 0.25) is 0 Å². The fourth-order valence-corrected chi connectivity index (χ4v) is 6.37. The van der Waals surface area contributed by atoms with Gasteiger partial charge in [-0.15, -0.1) is 46.6 Å². The van der Waals surface area contributed by atoms with Crippen LogP contribution in [0, 0.1) is 0 Å². The van der Waals surface area contributed by atoms with E-state index in [4.69, 9.17) is 0 Å². The highest BCUT2D eigenvalue weighted by Crippen LogP contribution is 2.47. The van der Waals surface area contributed by atoms with Gasteiger partial charge in [0.15, 0.2) is 0 Å². The Kier molecular flexibility index (Phi) is 4.89. The van der Waals surface area contributed by atoms with E-state index in [2.05, 4.69) is 34.7 Å². The van der Waals surface area contributed by atoms with Crippen LogP contribution >= 0.6 is 62.6 Å². The molecule has 0 aliphatic carbocycles. The van der Waals surface area contributed by atoms with E-state index in [1.807, 2.05) is 34.9 Å². The second-order valence-corrected chi connectivity index (χ2v) is 6.71. The Bertz CT molecular complexity index is 269. The fraction of sp³-hybridized carbons (Fsp3) is 0.429. The third-order valence-corrected chi connectivity index (χ3v) is 7.41. The van der Waals surface area contributed by atoms with Gasteiger partial charge in [0.05, 0.1) is 12.9 Å². The Morgan fingerprint density at radius 2 is 1.58 bits per heavy atom. The summed E-state index contributed by atoms with van der Waals surface area (Å²) in [5.41, 5.74) is 0. The van der Waals surface area contributed by atoms with Crippen molar-refractivity contribution in [2.24, 2.45) is 0 Å². The Morgan fingerprint density at radius 1 is 1.00 bits per heavy atom. The lowest BCUT2D eigenvalue weighted by Gasteiger charge is -1.95. The molecule has 1 rings (SSSR count). The number of hydrogen-bond donors (Lipinski definition) is 0. The maximum atomic E-state index is 3.62. The molecule has 0 saturated heterocycles. The minimum atomic E-state index is 1.27. The Morgan fingerprint density at radius 3 is 1.92 bits per heavy atom. The summed E-state index contributed by atoms with van der Waals surface area (Å²) in [5.74, 6) is 0. The van der Waals surface area contributed by atoms with E-state index in [0.717, 1.165) is 0 Å². The number of halogens is 1. The summed E-state index contributed by atoms with van der Waals surface area (Å²) in [5, 5.41) is 0. The van der Waals surface area contributed by atoms with E-state index in [9.17, 15) is 0 Å². The van der Waals surface area contributed by atoms with Gasteiger partial charge in [0, 0.05) is 4.90 Å².